The van der Waals surface area contributed by atoms with Crippen molar-refractivity contribution in [2.75, 3.05) is 37.4 Å². The van der Waals surface area contributed by atoms with Gasteiger partial charge in [0, 0.05) is 26.3 Å². The van der Waals surface area contributed by atoms with Gasteiger partial charge in [-0.15, -0.1) is 0 Å². The maximum absolute atomic E-state index is 11.7. The Kier molecular flexibility index (Phi) is 7.00. The Labute approximate surface area is 122 Å². The van der Waals surface area contributed by atoms with Crippen molar-refractivity contribution in [2.45, 2.75) is 6.92 Å². The Morgan fingerprint density at radius 2 is 2.05 bits per heavy atom. The molecule has 0 unspecified atom stereocenters. The molecule has 0 spiro atoms. The molecule has 3 N–H and O–H groups in total. The summed E-state index contributed by atoms with van der Waals surface area (Å²) in [6.07, 6.45) is 0. The van der Waals surface area contributed by atoms with Crippen molar-refractivity contribution < 1.29 is 14.3 Å². The van der Waals surface area contributed by atoms with Gasteiger partial charge in [0.15, 0.2) is 0 Å². The van der Waals surface area contributed by atoms with E-state index in [2.05, 4.69) is 16.0 Å². The third-order valence-electron chi connectivity index (χ3n) is 2.33. The normalized spacial score (nSPS) is 10.2. The fourth-order valence-corrected chi connectivity index (χ4v) is 1.64. The molecule has 20 heavy (non-hydrogen) atoms. The number of nitrogens with one attached hydrogen (secondary N) is 3. The van der Waals surface area contributed by atoms with E-state index in [1.165, 1.54) is 6.92 Å². The van der Waals surface area contributed by atoms with Crippen LogP contribution in [0.3, 0.4) is 0 Å². The molecule has 0 radical (unpaired) electrons. The van der Waals surface area contributed by atoms with E-state index in [9.17, 15) is 9.59 Å². The number of anilines is 2. The fourth-order valence-electron chi connectivity index (χ4n) is 1.47. The Hall–Kier alpha value is -1.63. The smallest absolute Gasteiger partial charge is 0.238 e. The molecule has 0 aromatic heterocycles. The number of halogens is 1. The lowest BCUT2D eigenvalue weighted by Gasteiger charge is -2.10. The van der Waals surface area contributed by atoms with Crippen LogP contribution in [-0.4, -0.2) is 38.6 Å². The van der Waals surface area contributed by atoms with Crippen molar-refractivity contribution in [2.24, 2.45) is 0 Å². The summed E-state index contributed by atoms with van der Waals surface area (Å²) < 4.78 is 4.86. The molecule has 1 aromatic carbocycles. The van der Waals surface area contributed by atoms with Gasteiger partial charge in [-0.2, -0.15) is 0 Å². The van der Waals surface area contributed by atoms with Crippen molar-refractivity contribution in [3.8, 4) is 0 Å². The number of amides is 2. The highest BCUT2D eigenvalue weighted by atomic mass is 35.5. The first-order valence-corrected chi connectivity index (χ1v) is 6.47. The number of ether oxygens (including phenoxy) is 1. The molecule has 1 aromatic rings. The van der Waals surface area contributed by atoms with Gasteiger partial charge in [-0.05, 0) is 18.2 Å². The Bertz CT molecular complexity index is 480. The maximum atomic E-state index is 11.7. The first kappa shape index (κ1) is 16.4. The second kappa shape index (κ2) is 8.52. The van der Waals surface area contributed by atoms with E-state index < -0.39 is 0 Å². The van der Waals surface area contributed by atoms with Crippen LogP contribution in [0, 0.1) is 0 Å². The van der Waals surface area contributed by atoms with Crippen molar-refractivity contribution in [1.29, 1.82) is 0 Å². The van der Waals surface area contributed by atoms with Gasteiger partial charge in [0.25, 0.3) is 0 Å². The van der Waals surface area contributed by atoms with Crippen LogP contribution < -0.4 is 16.0 Å². The molecule has 0 aliphatic heterocycles. The second-order valence-electron chi connectivity index (χ2n) is 4.09. The number of carbonyl (C=O) groups excluding carboxylic acids is 2. The van der Waals surface area contributed by atoms with Crippen LogP contribution in [0.25, 0.3) is 0 Å². The summed E-state index contributed by atoms with van der Waals surface area (Å²) in [5.41, 5.74) is 1.03. The number of hydrogen-bond donors (Lipinski definition) is 3. The third-order valence-corrected chi connectivity index (χ3v) is 2.66. The van der Waals surface area contributed by atoms with Crippen LogP contribution in [0.4, 0.5) is 11.4 Å². The van der Waals surface area contributed by atoms with E-state index in [1.54, 1.807) is 25.3 Å². The zero-order valence-electron chi connectivity index (χ0n) is 11.5. The third kappa shape index (κ3) is 6.01. The summed E-state index contributed by atoms with van der Waals surface area (Å²) in [5, 5.41) is 8.63. The number of benzene rings is 1. The zero-order chi connectivity index (χ0) is 15.0. The first-order chi connectivity index (χ1) is 9.52. The molecule has 0 atom stereocenters. The molecule has 7 heteroatoms. The van der Waals surface area contributed by atoms with Gasteiger partial charge in [-0.1, -0.05) is 11.6 Å². The predicted octanol–water partition coefficient (Wildman–Crippen LogP) is 1.47. The molecule has 110 valence electrons. The quantitative estimate of drug-likeness (QED) is 0.666. The average molecular weight is 300 g/mol. The van der Waals surface area contributed by atoms with Crippen molar-refractivity contribution in [3.05, 3.63) is 23.2 Å². The van der Waals surface area contributed by atoms with Crippen LogP contribution in [0.2, 0.25) is 5.02 Å². The zero-order valence-corrected chi connectivity index (χ0v) is 12.2. The van der Waals surface area contributed by atoms with E-state index >= 15 is 0 Å². The molecule has 0 bridgehead atoms. The number of rotatable bonds is 7. The predicted molar refractivity (Wildman–Crippen MR) is 79.1 cm³/mol. The van der Waals surface area contributed by atoms with E-state index in [0.29, 0.717) is 29.5 Å². The molecule has 0 saturated carbocycles. The SMILES string of the molecule is COCCNCC(=O)Nc1cc(NC(C)=O)ccc1Cl. The van der Waals surface area contributed by atoms with Gasteiger partial charge in [0.2, 0.25) is 11.8 Å². The average Bonchev–Trinajstić information content (AvgIpc) is 2.38. The minimum atomic E-state index is -0.219. The molecule has 0 aliphatic rings. The first-order valence-electron chi connectivity index (χ1n) is 6.09. The van der Waals surface area contributed by atoms with Crippen molar-refractivity contribution in [1.82, 2.24) is 5.32 Å². The van der Waals surface area contributed by atoms with Crippen LogP contribution in [0.1, 0.15) is 6.92 Å². The minimum Gasteiger partial charge on any atom is -0.383 e. The summed E-state index contributed by atoms with van der Waals surface area (Å²) >= 11 is 5.99. The van der Waals surface area contributed by atoms with Crippen LogP contribution in [0.15, 0.2) is 18.2 Å². The van der Waals surface area contributed by atoms with Crippen LogP contribution >= 0.6 is 11.6 Å². The van der Waals surface area contributed by atoms with Crippen molar-refractivity contribution in [3.63, 3.8) is 0 Å². The van der Waals surface area contributed by atoms with Crippen LogP contribution in [-0.2, 0) is 14.3 Å². The number of methoxy groups -OCH3 is 1. The van der Waals surface area contributed by atoms with E-state index in [0.717, 1.165) is 0 Å². The summed E-state index contributed by atoms with van der Waals surface area (Å²) in [6.45, 7) is 2.69. The maximum Gasteiger partial charge on any atom is 0.238 e. The molecule has 6 nitrogen and oxygen atoms in total. The highest BCUT2D eigenvalue weighted by Crippen LogP contribution is 2.25. The Morgan fingerprint density at radius 1 is 1.30 bits per heavy atom. The van der Waals surface area contributed by atoms with Gasteiger partial charge >= 0.3 is 0 Å². The number of hydrogen-bond acceptors (Lipinski definition) is 4. The lowest BCUT2D eigenvalue weighted by molar-refractivity contribution is -0.115. The van der Waals surface area contributed by atoms with Gasteiger partial charge in [0.1, 0.15) is 0 Å². The molecular formula is C13H18ClN3O3. The largest absolute Gasteiger partial charge is 0.383 e. The van der Waals surface area contributed by atoms with Crippen LogP contribution in [0.5, 0.6) is 0 Å². The topological polar surface area (TPSA) is 79.5 Å². The minimum absolute atomic E-state index is 0.157. The monoisotopic (exact) mass is 299 g/mol. The van der Waals surface area contributed by atoms with E-state index in [-0.39, 0.29) is 18.4 Å². The fraction of sp³-hybridized carbons (Fsp3) is 0.385. The summed E-state index contributed by atoms with van der Waals surface area (Å²) in [5.74, 6) is -0.409. The summed E-state index contributed by atoms with van der Waals surface area (Å²) in [6, 6.07) is 4.88. The van der Waals surface area contributed by atoms with E-state index in [4.69, 9.17) is 16.3 Å². The summed E-state index contributed by atoms with van der Waals surface area (Å²) in [7, 11) is 1.59. The molecule has 0 aliphatic carbocycles. The molecule has 2 amide bonds. The molecule has 0 saturated heterocycles. The summed E-state index contributed by atoms with van der Waals surface area (Å²) in [4.78, 5) is 22.7. The van der Waals surface area contributed by atoms with Crippen molar-refractivity contribution >= 4 is 34.8 Å². The molecule has 0 fully saturated rings. The second-order valence-corrected chi connectivity index (χ2v) is 4.50. The lowest BCUT2D eigenvalue weighted by atomic mass is 10.2. The highest BCUT2D eigenvalue weighted by molar-refractivity contribution is 6.33. The molecular weight excluding hydrogens is 282 g/mol. The van der Waals surface area contributed by atoms with Gasteiger partial charge < -0.3 is 20.7 Å². The standard InChI is InChI=1S/C13H18ClN3O3/c1-9(18)16-10-3-4-11(14)12(7-10)17-13(19)8-15-5-6-20-2/h3-4,7,15H,5-6,8H2,1-2H3,(H,16,18)(H,17,19). The van der Waals surface area contributed by atoms with Gasteiger partial charge in [-0.3, -0.25) is 9.59 Å². The lowest BCUT2D eigenvalue weighted by Crippen LogP contribution is -2.30. The molecule has 0 heterocycles. The number of carbonyl (C=O) groups is 2. The van der Waals surface area contributed by atoms with E-state index in [1.807, 2.05) is 0 Å². The van der Waals surface area contributed by atoms with Gasteiger partial charge in [-0.25, -0.2) is 0 Å². The Balaban J connectivity index is 2.57. The van der Waals surface area contributed by atoms with Gasteiger partial charge in [0.05, 0.1) is 23.9 Å². The highest BCUT2D eigenvalue weighted by Gasteiger charge is 2.07. The molecule has 1 rings (SSSR count). The Morgan fingerprint density at radius 3 is 2.70 bits per heavy atom.